The van der Waals surface area contributed by atoms with Gasteiger partial charge in [0.1, 0.15) is 11.6 Å². The van der Waals surface area contributed by atoms with E-state index in [1.807, 2.05) is 25.1 Å². The van der Waals surface area contributed by atoms with E-state index in [9.17, 15) is 9.18 Å². The topological polar surface area (TPSA) is 70.6 Å². The number of carbonyl (C=O) groups excluding carboxylic acids is 1. The molecule has 7 nitrogen and oxygen atoms in total. The van der Waals surface area contributed by atoms with Gasteiger partial charge in [-0.05, 0) is 50.4 Å². The van der Waals surface area contributed by atoms with E-state index in [-0.39, 0.29) is 5.91 Å². The van der Waals surface area contributed by atoms with Crippen molar-refractivity contribution in [3.05, 3.63) is 59.5 Å². The predicted octanol–water partition coefficient (Wildman–Crippen LogP) is 3.49. The number of piperazine rings is 1. The number of carbonyl (C=O) groups is 1. The van der Waals surface area contributed by atoms with Crippen LogP contribution in [0.2, 0.25) is 0 Å². The number of amides is 1. The molecule has 2 heterocycles. The molecule has 1 saturated heterocycles. The van der Waals surface area contributed by atoms with E-state index in [1.165, 1.54) is 25.3 Å². The molecule has 4 rings (SSSR count). The van der Waals surface area contributed by atoms with Gasteiger partial charge < -0.3 is 19.9 Å². The molecule has 0 unspecified atom stereocenters. The summed E-state index contributed by atoms with van der Waals surface area (Å²) in [4.78, 5) is 26.2. The Hall–Kier alpha value is -3.52. The Morgan fingerprint density at radius 1 is 1.12 bits per heavy atom. The van der Waals surface area contributed by atoms with Crippen LogP contribution in [-0.2, 0) is 4.79 Å². The second kappa shape index (κ2) is 9.32. The first-order chi connectivity index (χ1) is 15.4. The van der Waals surface area contributed by atoms with Gasteiger partial charge in [-0.2, -0.15) is 0 Å². The predicted molar refractivity (Wildman–Crippen MR) is 125 cm³/mol. The Morgan fingerprint density at radius 3 is 2.62 bits per heavy atom. The third kappa shape index (κ3) is 4.86. The Kier molecular flexibility index (Phi) is 6.32. The molecular weight excluding hydrogens is 409 g/mol. The standard InChI is InChI=1S/C24H26FN5O2/c1-16-20-14-18(27-23(31)9-5-17-4-7-19(32-3)15-21(17)25)6-8-22(20)28-24(26-16)30-12-10-29(2)11-13-30/h4-9,14-15H,10-13H2,1-3H3,(H,27,31)/b9-5+. The number of hydrogen-bond donors (Lipinski definition) is 1. The van der Waals surface area contributed by atoms with Crippen LogP contribution in [0.15, 0.2) is 42.5 Å². The fraction of sp³-hybridized carbons (Fsp3) is 0.292. The first-order valence-electron chi connectivity index (χ1n) is 10.5. The summed E-state index contributed by atoms with van der Waals surface area (Å²) in [5.74, 6) is 0.355. The van der Waals surface area contributed by atoms with Crippen molar-refractivity contribution in [1.29, 1.82) is 0 Å². The maximum Gasteiger partial charge on any atom is 0.248 e. The van der Waals surface area contributed by atoms with E-state index >= 15 is 0 Å². The number of halogens is 1. The highest BCUT2D eigenvalue weighted by molar-refractivity contribution is 6.03. The third-order valence-electron chi connectivity index (χ3n) is 5.55. The lowest BCUT2D eigenvalue weighted by molar-refractivity contribution is -0.111. The third-order valence-corrected chi connectivity index (χ3v) is 5.55. The molecule has 0 bridgehead atoms. The van der Waals surface area contributed by atoms with Crippen LogP contribution in [0.1, 0.15) is 11.3 Å². The van der Waals surface area contributed by atoms with E-state index in [1.54, 1.807) is 12.1 Å². The van der Waals surface area contributed by atoms with Gasteiger partial charge >= 0.3 is 0 Å². The number of hydrogen-bond acceptors (Lipinski definition) is 6. The van der Waals surface area contributed by atoms with Gasteiger partial charge in [-0.3, -0.25) is 4.79 Å². The van der Waals surface area contributed by atoms with Crippen LogP contribution in [0.3, 0.4) is 0 Å². The van der Waals surface area contributed by atoms with Crippen molar-refractivity contribution in [2.75, 3.05) is 50.6 Å². The molecule has 1 aromatic heterocycles. The van der Waals surface area contributed by atoms with Crippen molar-refractivity contribution in [3.8, 4) is 5.75 Å². The highest BCUT2D eigenvalue weighted by Crippen LogP contribution is 2.24. The number of methoxy groups -OCH3 is 1. The quantitative estimate of drug-likeness (QED) is 0.619. The molecule has 2 aromatic carbocycles. The number of benzene rings is 2. The Morgan fingerprint density at radius 2 is 1.91 bits per heavy atom. The fourth-order valence-corrected chi connectivity index (χ4v) is 3.61. The lowest BCUT2D eigenvalue weighted by atomic mass is 10.1. The minimum Gasteiger partial charge on any atom is -0.497 e. The van der Waals surface area contributed by atoms with E-state index < -0.39 is 5.82 Å². The molecule has 0 atom stereocenters. The average molecular weight is 436 g/mol. The summed E-state index contributed by atoms with van der Waals surface area (Å²) >= 11 is 0. The van der Waals surface area contributed by atoms with Crippen LogP contribution in [0.25, 0.3) is 17.0 Å². The zero-order chi connectivity index (χ0) is 22.7. The summed E-state index contributed by atoms with van der Waals surface area (Å²) in [6, 6.07) is 10.0. The minimum atomic E-state index is -0.456. The molecule has 32 heavy (non-hydrogen) atoms. The normalized spacial score (nSPS) is 14.8. The molecule has 8 heteroatoms. The van der Waals surface area contributed by atoms with Gasteiger partial charge in [0.25, 0.3) is 0 Å². The molecule has 1 N–H and O–H groups in total. The van der Waals surface area contributed by atoms with Gasteiger partial charge in [-0.25, -0.2) is 14.4 Å². The van der Waals surface area contributed by atoms with Crippen LogP contribution >= 0.6 is 0 Å². The number of nitrogens with zero attached hydrogens (tertiary/aromatic N) is 4. The Balaban J connectivity index is 1.48. The number of aryl methyl sites for hydroxylation is 1. The average Bonchev–Trinajstić information content (AvgIpc) is 2.79. The van der Waals surface area contributed by atoms with Gasteiger partial charge in [-0.15, -0.1) is 0 Å². The van der Waals surface area contributed by atoms with Crippen LogP contribution in [0.5, 0.6) is 5.75 Å². The first-order valence-corrected chi connectivity index (χ1v) is 10.5. The number of fused-ring (bicyclic) bond motifs is 1. The molecule has 0 spiro atoms. The fourth-order valence-electron chi connectivity index (χ4n) is 3.61. The van der Waals surface area contributed by atoms with E-state index in [4.69, 9.17) is 9.72 Å². The van der Waals surface area contributed by atoms with Crippen molar-refractivity contribution in [3.63, 3.8) is 0 Å². The smallest absolute Gasteiger partial charge is 0.248 e. The van der Waals surface area contributed by atoms with Crippen LogP contribution in [0, 0.1) is 12.7 Å². The number of rotatable bonds is 5. The Bertz CT molecular complexity index is 1170. The highest BCUT2D eigenvalue weighted by Gasteiger charge is 2.17. The van der Waals surface area contributed by atoms with Crippen LogP contribution in [0.4, 0.5) is 16.0 Å². The SMILES string of the molecule is COc1ccc(/C=C/C(=O)Nc2ccc3nc(N4CCN(C)CC4)nc(C)c3c2)c(F)c1. The summed E-state index contributed by atoms with van der Waals surface area (Å²) in [7, 11) is 3.59. The number of anilines is 2. The molecule has 1 amide bonds. The molecule has 3 aromatic rings. The molecule has 0 aliphatic carbocycles. The number of likely N-dealkylation sites (N-methyl/N-ethyl adjacent to an activating group) is 1. The van der Waals surface area contributed by atoms with E-state index in [0.29, 0.717) is 17.0 Å². The minimum absolute atomic E-state index is 0.306. The van der Waals surface area contributed by atoms with Crippen molar-refractivity contribution in [2.24, 2.45) is 0 Å². The van der Waals surface area contributed by atoms with Crippen molar-refractivity contribution in [2.45, 2.75) is 6.92 Å². The molecule has 0 saturated carbocycles. The molecule has 166 valence electrons. The molecule has 1 fully saturated rings. The number of ether oxygens (including phenoxy) is 1. The summed E-state index contributed by atoms with van der Waals surface area (Å²) in [5, 5.41) is 3.69. The molecular formula is C24H26FN5O2. The lowest BCUT2D eigenvalue weighted by Crippen LogP contribution is -2.45. The second-order valence-corrected chi connectivity index (χ2v) is 7.84. The van der Waals surface area contributed by atoms with Crippen LogP contribution in [-0.4, -0.2) is 61.1 Å². The molecule has 0 radical (unpaired) electrons. The van der Waals surface area contributed by atoms with Gasteiger partial charge in [-0.1, -0.05) is 0 Å². The van der Waals surface area contributed by atoms with E-state index in [2.05, 4.69) is 27.1 Å². The highest BCUT2D eigenvalue weighted by atomic mass is 19.1. The Labute approximate surface area is 186 Å². The van der Waals surface area contributed by atoms with Crippen molar-refractivity contribution in [1.82, 2.24) is 14.9 Å². The summed E-state index contributed by atoms with van der Waals surface area (Å²) in [6.07, 6.45) is 2.73. The van der Waals surface area contributed by atoms with E-state index in [0.717, 1.165) is 48.7 Å². The summed E-state index contributed by atoms with van der Waals surface area (Å²) < 4.78 is 19.0. The largest absolute Gasteiger partial charge is 0.497 e. The van der Waals surface area contributed by atoms with Gasteiger partial charge in [0, 0.05) is 55.0 Å². The monoisotopic (exact) mass is 435 g/mol. The second-order valence-electron chi connectivity index (χ2n) is 7.84. The summed E-state index contributed by atoms with van der Waals surface area (Å²) in [5.41, 5.74) is 2.62. The first kappa shape index (κ1) is 21.7. The molecule has 1 aliphatic heterocycles. The van der Waals surface area contributed by atoms with Gasteiger partial charge in [0.15, 0.2) is 0 Å². The number of aromatic nitrogens is 2. The van der Waals surface area contributed by atoms with Gasteiger partial charge in [0.2, 0.25) is 11.9 Å². The zero-order valence-corrected chi connectivity index (χ0v) is 18.4. The summed E-state index contributed by atoms with van der Waals surface area (Å²) in [6.45, 7) is 5.72. The maximum atomic E-state index is 14.0. The maximum absolute atomic E-state index is 14.0. The lowest BCUT2D eigenvalue weighted by Gasteiger charge is -2.32. The van der Waals surface area contributed by atoms with Crippen molar-refractivity contribution >= 4 is 34.5 Å². The number of nitrogens with one attached hydrogen (secondary N) is 1. The molecule has 1 aliphatic rings. The van der Waals surface area contributed by atoms with Crippen molar-refractivity contribution < 1.29 is 13.9 Å². The van der Waals surface area contributed by atoms with Crippen LogP contribution < -0.4 is 15.0 Å². The van der Waals surface area contributed by atoms with Gasteiger partial charge in [0.05, 0.1) is 18.3 Å². The zero-order valence-electron chi connectivity index (χ0n) is 18.4.